The third-order valence-corrected chi connectivity index (χ3v) is 3.10. The summed E-state index contributed by atoms with van der Waals surface area (Å²) >= 11 is 11.5. The fraction of sp³-hybridized carbons (Fsp3) is 0. The average molecular weight is 300 g/mol. The maximum absolute atomic E-state index is 11.9. The van der Waals surface area contributed by atoms with Crippen molar-refractivity contribution in [1.29, 1.82) is 0 Å². The molecular formula is C11H7Cl2N3O3. The first-order valence-corrected chi connectivity index (χ1v) is 5.82. The van der Waals surface area contributed by atoms with Crippen LogP contribution in [0.15, 0.2) is 36.7 Å². The highest BCUT2D eigenvalue weighted by Crippen LogP contribution is 2.33. The van der Waals surface area contributed by atoms with Crippen LogP contribution in [0, 0.1) is 10.1 Å². The first-order chi connectivity index (χ1) is 8.99. The zero-order valence-corrected chi connectivity index (χ0v) is 10.9. The van der Waals surface area contributed by atoms with E-state index < -0.39 is 16.5 Å². The second kappa shape index (κ2) is 5.29. The van der Waals surface area contributed by atoms with Crippen LogP contribution in [0.1, 0.15) is 10.4 Å². The predicted octanol–water partition coefficient (Wildman–Crippen LogP) is 3.09. The number of rotatable bonds is 3. The molecule has 0 saturated heterocycles. The molecule has 0 saturated carbocycles. The molecule has 19 heavy (non-hydrogen) atoms. The van der Waals surface area contributed by atoms with Gasteiger partial charge < -0.3 is 0 Å². The van der Waals surface area contributed by atoms with Crippen molar-refractivity contribution in [3.05, 3.63) is 62.4 Å². The van der Waals surface area contributed by atoms with E-state index in [0.29, 0.717) is 0 Å². The number of hydrogen-bond donors (Lipinski definition) is 1. The summed E-state index contributed by atoms with van der Waals surface area (Å²) < 4.78 is 1.41. The lowest BCUT2D eigenvalue weighted by Crippen LogP contribution is -2.21. The van der Waals surface area contributed by atoms with Gasteiger partial charge in [-0.05, 0) is 18.2 Å². The summed E-state index contributed by atoms with van der Waals surface area (Å²) in [4.78, 5) is 22.0. The summed E-state index contributed by atoms with van der Waals surface area (Å²) in [5, 5.41) is 10.6. The van der Waals surface area contributed by atoms with E-state index in [9.17, 15) is 14.9 Å². The van der Waals surface area contributed by atoms with Gasteiger partial charge in [0.05, 0.1) is 9.95 Å². The molecule has 1 heterocycles. The van der Waals surface area contributed by atoms with Gasteiger partial charge in [-0.3, -0.25) is 25.0 Å². The SMILES string of the molecule is O=C(Nn1cccc1)c1cc(Cl)c(Cl)c([N+](=O)[O-])c1. The number of nitrogens with one attached hydrogen (secondary N) is 1. The Morgan fingerprint density at radius 1 is 1.26 bits per heavy atom. The van der Waals surface area contributed by atoms with Crippen LogP contribution in [0.4, 0.5) is 5.69 Å². The van der Waals surface area contributed by atoms with Crippen LogP contribution in [-0.2, 0) is 0 Å². The highest BCUT2D eigenvalue weighted by Gasteiger charge is 2.20. The van der Waals surface area contributed by atoms with Gasteiger partial charge in [0.1, 0.15) is 5.02 Å². The molecule has 0 fully saturated rings. The minimum atomic E-state index is -0.694. The van der Waals surface area contributed by atoms with Crippen molar-refractivity contribution >= 4 is 34.8 Å². The molecule has 1 aromatic heterocycles. The number of benzene rings is 1. The van der Waals surface area contributed by atoms with E-state index >= 15 is 0 Å². The summed E-state index contributed by atoms with van der Waals surface area (Å²) in [6, 6.07) is 5.79. The number of amides is 1. The highest BCUT2D eigenvalue weighted by molar-refractivity contribution is 6.43. The van der Waals surface area contributed by atoms with Gasteiger partial charge in [-0.25, -0.2) is 0 Å². The van der Waals surface area contributed by atoms with Crippen LogP contribution in [0.5, 0.6) is 0 Å². The number of halogens is 2. The summed E-state index contributed by atoms with van der Waals surface area (Å²) in [6.45, 7) is 0. The van der Waals surface area contributed by atoms with Gasteiger partial charge in [0, 0.05) is 24.0 Å². The Kier molecular flexibility index (Phi) is 3.73. The molecule has 0 aliphatic carbocycles. The molecule has 0 radical (unpaired) electrons. The van der Waals surface area contributed by atoms with Crippen LogP contribution >= 0.6 is 23.2 Å². The van der Waals surface area contributed by atoms with E-state index in [-0.39, 0.29) is 15.6 Å². The molecule has 1 N–H and O–H groups in total. The van der Waals surface area contributed by atoms with Crippen LogP contribution < -0.4 is 5.43 Å². The Labute approximate surface area is 117 Å². The van der Waals surface area contributed by atoms with E-state index in [1.165, 1.54) is 10.7 Å². The van der Waals surface area contributed by atoms with Gasteiger partial charge in [-0.1, -0.05) is 23.2 Å². The minimum Gasteiger partial charge on any atom is -0.268 e. The van der Waals surface area contributed by atoms with Crippen LogP contribution in [-0.4, -0.2) is 15.5 Å². The van der Waals surface area contributed by atoms with Gasteiger partial charge in [0.2, 0.25) is 0 Å². The second-order valence-corrected chi connectivity index (χ2v) is 4.36. The van der Waals surface area contributed by atoms with Crippen molar-refractivity contribution in [1.82, 2.24) is 4.68 Å². The highest BCUT2D eigenvalue weighted by atomic mass is 35.5. The molecular weight excluding hydrogens is 293 g/mol. The first kappa shape index (κ1) is 13.4. The topological polar surface area (TPSA) is 77.2 Å². The summed E-state index contributed by atoms with van der Waals surface area (Å²) in [5.41, 5.74) is 2.14. The number of nitro benzene ring substituents is 1. The van der Waals surface area contributed by atoms with Gasteiger partial charge in [0.25, 0.3) is 11.6 Å². The molecule has 0 bridgehead atoms. The van der Waals surface area contributed by atoms with E-state index in [4.69, 9.17) is 23.2 Å². The minimum absolute atomic E-state index is 0.0477. The molecule has 0 aliphatic rings. The largest absolute Gasteiger partial charge is 0.290 e. The molecule has 2 rings (SSSR count). The van der Waals surface area contributed by atoms with Crippen molar-refractivity contribution in [2.24, 2.45) is 0 Å². The Morgan fingerprint density at radius 2 is 1.89 bits per heavy atom. The van der Waals surface area contributed by atoms with Crippen molar-refractivity contribution in [2.75, 3.05) is 5.43 Å². The monoisotopic (exact) mass is 299 g/mol. The van der Waals surface area contributed by atoms with Crippen LogP contribution in [0.2, 0.25) is 10.0 Å². The van der Waals surface area contributed by atoms with Crippen LogP contribution in [0.3, 0.4) is 0 Å². The number of carbonyl (C=O) groups excluding carboxylic acids is 1. The van der Waals surface area contributed by atoms with E-state index in [2.05, 4.69) is 5.43 Å². The standard InChI is InChI=1S/C11H7Cl2N3O3/c12-8-5-7(6-9(10(8)13)16(18)19)11(17)14-15-3-1-2-4-15/h1-6H,(H,14,17). The second-order valence-electron chi connectivity index (χ2n) is 3.58. The third kappa shape index (κ3) is 2.86. The molecule has 0 spiro atoms. The summed E-state index contributed by atoms with van der Waals surface area (Å²) in [5.74, 6) is -0.530. The Morgan fingerprint density at radius 3 is 2.47 bits per heavy atom. The fourth-order valence-electron chi connectivity index (χ4n) is 1.43. The van der Waals surface area contributed by atoms with Crippen molar-refractivity contribution < 1.29 is 9.72 Å². The van der Waals surface area contributed by atoms with Crippen LogP contribution in [0.25, 0.3) is 0 Å². The number of hydrogen-bond acceptors (Lipinski definition) is 3. The van der Waals surface area contributed by atoms with Crippen molar-refractivity contribution in [2.45, 2.75) is 0 Å². The van der Waals surface area contributed by atoms with E-state index in [0.717, 1.165) is 6.07 Å². The lowest BCUT2D eigenvalue weighted by Gasteiger charge is -2.07. The van der Waals surface area contributed by atoms with Gasteiger partial charge >= 0.3 is 0 Å². The van der Waals surface area contributed by atoms with Gasteiger partial charge in [-0.2, -0.15) is 0 Å². The molecule has 2 aromatic rings. The van der Waals surface area contributed by atoms with Gasteiger partial charge in [0.15, 0.2) is 0 Å². The number of nitro groups is 1. The zero-order valence-electron chi connectivity index (χ0n) is 9.34. The summed E-state index contributed by atoms with van der Waals surface area (Å²) in [7, 11) is 0. The first-order valence-electron chi connectivity index (χ1n) is 5.07. The molecule has 1 amide bonds. The summed E-state index contributed by atoms with van der Waals surface area (Å²) in [6.07, 6.45) is 3.23. The maximum Gasteiger partial charge on any atom is 0.290 e. The van der Waals surface area contributed by atoms with Crippen molar-refractivity contribution in [3.63, 3.8) is 0 Å². The molecule has 0 unspecified atom stereocenters. The molecule has 1 aromatic carbocycles. The van der Waals surface area contributed by atoms with Gasteiger partial charge in [-0.15, -0.1) is 0 Å². The number of carbonyl (C=O) groups is 1. The number of aromatic nitrogens is 1. The normalized spacial score (nSPS) is 10.2. The molecule has 6 nitrogen and oxygen atoms in total. The average Bonchev–Trinajstić information content (AvgIpc) is 2.84. The Bertz CT molecular complexity index is 641. The van der Waals surface area contributed by atoms with E-state index in [1.54, 1.807) is 24.5 Å². The molecule has 0 atom stereocenters. The Balaban J connectivity index is 2.35. The van der Waals surface area contributed by atoms with Crippen molar-refractivity contribution in [3.8, 4) is 0 Å². The predicted molar refractivity (Wildman–Crippen MR) is 71.2 cm³/mol. The third-order valence-electron chi connectivity index (χ3n) is 2.30. The maximum atomic E-state index is 11.9. The molecule has 98 valence electrons. The molecule has 0 aliphatic heterocycles. The smallest absolute Gasteiger partial charge is 0.268 e. The lowest BCUT2D eigenvalue weighted by molar-refractivity contribution is -0.384. The fourth-order valence-corrected chi connectivity index (χ4v) is 1.82. The lowest BCUT2D eigenvalue weighted by atomic mass is 10.2. The number of nitrogens with zero attached hydrogens (tertiary/aromatic N) is 2. The molecule has 8 heteroatoms. The zero-order chi connectivity index (χ0) is 14.0. The van der Waals surface area contributed by atoms with E-state index in [1.807, 2.05) is 0 Å². The quantitative estimate of drug-likeness (QED) is 0.699. The Hall–Kier alpha value is -2.05.